The van der Waals surface area contributed by atoms with Gasteiger partial charge in [-0.15, -0.1) is 0 Å². The molecule has 2 aromatic heterocycles. The van der Waals surface area contributed by atoms with Crippen LogP contribution in [0.3, 0.4) is 0 Å². The lowest BCUT2D eigenvalue weighted by Crippen LogP contribution is -2.12. The number of hydrogen-bond donors (Lipinski definition) is 2. The minimum Gasteiger partial charge on any atom is -0.318 e. The molecule has 2 heterocycles. The zero-order chi connectivity index (χ0) is 18.0. The topological polar surface area (TPSA) is 75.6 Å². The van der Waals surface area contributed by atoms with Crippen LogP contribution >= 0.6 is 0 Å². The van der Waals surface area contributed by atoms with E-state index in [1.807, 2.05) is 31.2 Å². The number of hydrogen-bond acceptors (Lipinski definition) is 3. The van der Waals surface area contributed by atoms with Crippen LogP contribution in [0.2, 0.25) is 0 Å². The van der Waals surface area contributed by atoms with E-state index in [0.29, 0.717) is 18.3 Å². The van der Waals surface area contributed by atoms with Gasteiger partial charge in [-0.2, -0.15) is 23.4 Å². The minimum absolute atomic E-state index is 0.349. The summed E-state index contributed by atoms with van der Waals surface area (Å²) in [6, 6.07) is 8.57. The van der Waals surface area contributed by atoms with Gasteiger partial charge in [-0.25, -0.2) is 0 Å². The highest BCUT2D eigenvalue weighted by Crippen LogP contribution is 2.27. The van der Waals surface area contributed by atoms with E-state index in [9.17, 15) is 18.0 Å². The molecule has 0 aliphatic rings. The number of amides is 1. The fourth-order valence-corrected chi connectivity index (χ4v) is 2.17. The SMILES string of the molecule is Cc1ccc(Cn2cc(NC(=O)c3cc(C(F)(F)F)[nH]n3)cn2)cc1. The molecule has 1 aromatic carbocycles. The molecule has 0 aliphatic heterocycles. The van der Waals surface area contributed by atoms with Gasteiger partial charge in [-0.05, 0) is 12.5 Å². The Hall–Kier alpha value is -3.10. The summed E-state index contributed by atoms with van der Waals surface area (Å²) >= 11 is 0. The van der Waals surface area contributed by atoms with E-state index >= 15 is 0 Å². The molecule has 25 heavy (non-hydrogen) atoms. The first-order valence-electron chi connectivity index (χ1n) is 7.33. The Balaban J connectivity index is 1.65. The lowest BCUT2D eigenvalue weighted by Gasteiger charge is -2.02. The van der Waals surface area contributed by atoms with E-state index in [0.717, 1.165) is 11.1 Å². The molecule has 0 atom stereocenters. The van der Waals surface area contributed by atoms with E-state index in [2.05, 4.69) is 15.5 Å². The molecule has 0 fully saturated rings. The maximum atomic E-state index is 12.5. The summed E-state index contributed by atoms with van der Waals surface area (Å²) in [4.78, 5) is 12.0. The van der Waals surface area contributed by atoms with Crippen molar-refractivity contribution in [2.75, 3.05) is 5.32 Å². The number of anilines is 1. The molecular weight excluding hydrogens is 335 g/mol. The molecule has 0 bridgehead atoms. The largest absolute Gasteiger partial charge is 0.432 e. The van der Waals surface area contributed by atoms with Gasteiger partial charge in [-0.3, -0.25) is 14.6 Å². The van der Waals surface area contributed by atoms with Crippen molar-refractivity contribution < 1.29 is 18.0 Å². The Kier molecular flexibility index (Phi) is 4.30. The lowest BCUT2D eigenvalue weighted by molar-refractivity contribution is -0.141. The summed E-state index contributed by atoms with van der Waals surface area (Å²) in [6.45, 7) is 2.50. The van der Waals surface area contributed by atoms with E-state index in [4.69, 9.17) is 0 Å². The van der Waals surface area contributed by atoms with Gasteiger partial charge < -0.3 is 5.32 Å². The molecule has 9 heteroatoms. The Labute approximate surface area is 140 Å². The first-order chi connectivity index (χ1) is 11.8. The summed E-state index contributed by atoms with van der Waals surface area (Å²) in [5.41, 5.74) is 1.13. The number of rotatable bonds is 4. The van der Waals surface area contributed by atoms with Gasteiger partial charge in [0.1, 0.15) is 5.69 Å². The predicted molar refractivity (Wildman–Crippen MR) is 84.1 cm³/mol. The van der Waals surface area contributed by atoms with Crippen LogP contribution in [0.25, 0.3) is 0 Å². The number of aryl methyl sites for hydroxylation is 1. The number of aromatic amines is 1. The third kappa shape index (κ3) is 4.06. The van der Waals surface area contributed by atoms with E-state index in [1.54, 1.807) is 16.0 Å². The van der Waals surface area contributed by atoms with E-state index in [-0.39, 0.29) is 5.69 Å². The number of H-pyrrole nitrogens is 1. The summed E-state index contributed by atoms with van der Waals surface area (Å²) in [6.07, 6.45) is -1.57. The van der Waals surface area contributed by atoms with Crippen LogP contribution in [0.1, 0.15) is 27.3 Å². The smallest absolute Gasteiger partial charge is 0.318 e. The second-order valence-electron chi connectivity index (χ2n) is 5.53. The van der Waals surface area contributed by atoms with Gasteiger partial charge in [0.2, 0.25) is 0 Å². The minimum atomic E-state index is -4.58. The van der Waals surface area contributed by atoms with Gasteiger partial charge in [-0.1, -0.05) is 29.8 Å². The van der Waals surface area contributed by atoms with Gasteiger partial charge >= 0.3 is 6.18 Å². The van der Waals surface area contributed by atoms with Crippen molar-refractivity contribution in [3.8, 4) is 0 Å². The molecule has 0 aliphatic carbocycles. The molecule has 3 rings (SSSR count). The van der Waals surface area contributed by atoms with E-state index < -0.39 is 17.8 Å². The quantitative estimate of drug-likeness (QED) is 0.759. The van der Waals surface area contributed by atoms with Gasteiger partial charge in [0.05, 0.1) is 18.4 Å². The maximum Gasteiger partial charge on any atom is 0.432 e. The van der Waals surface area contributed by atoms with Gasteiger partial charge in [0.15, 0.2) is 5.69 Å². The second-order valence-corrected chi connectivity index (χ2v) is 5.53. The first kappa shape index (κ1) is 16.7. The summed E-state index contributed by atoms with van der Waals surface area (Å²) in [5.74, 6) is -0.748. The average Bonchev–Trinajstić information content (AvgIpc) is 3.19. The zero-order valence-electron chi connectivity index (χ0n) is 13.1. The van der Waals surface area contributed by atoms with Crippen LogP contribution in [-0.4, -0.2) is 25.9 Å². The van der Waals surface area contributed by atoms with Crippen molar-refractivity contribution in [3.05, 3.63) is 65.2 Å². The van der Waals surface area contributed by atoms with Crippen LogP contribution < -0.4 is 5.32 Å². The second kappa shape index (κ2) is 6.42. The Bertz CT molecular complexity index is 880. The van der Waals surface area contributed by atoms with Crippen LogP contribution in [0.4, 0.5) is 18.9 Å². The fourth-order valence-electron chi connectivity index (χ4n) is 2.17. The lowest BCUT2D eigenvalue weighted by atomic mass is 10.1. The van der Waals surface area contributed by atoms with Crippen molar-refractivity contribution in [1.82, 2.24) is 20.0 Å². The molecule has 3 aromatic rings. The Morgan fingerprint density at radius 2 is 2.00 bits per heavy atom. The molecule has 0 saturated carbocycles. The summed E-state index contributed by atoms with van der Waals surface area (Å²) < 4.78 is 39.1. The highest BCUT2D eigenvalue weighted by atomic mass is 19.4. The third-order valence-electron chi connectivity index (χ3n) is 3.47. The van der Waals surface area contributed by atoms with Gasteiger partial charge in [0, 0.05) is 12.3 Å². The van der Waals surface area contributed by atoms with Crippen LogP contribution in [0.15, 0.2) is 42.7 Å². The first-order valence-corrected chi connectivity index (χ1v) is 7.33. The summed E-state index contributed by atoms with van der Waals surface area (Å²) in [5, 5.41) is 11.8. The molecule has 1 amide bonds. The monoisotopic (exact) mass is 349 g/mol. The van der Waals surface area contributed by atoms with Crippen molar-refractivity contribution in [2.45, 2.75) is 19.6 Å². The van der Waals surface area contributed by atoms with Gasteiger partial charge in [0.25, 0.3) is 5.91 Å². The molecule has 0 saturated heterocycles. The Morgan fingerprint density at radius 1 is 1.28 bits per heavy atom. The number of nitrogens with zero attached hydrogens (tertiary/aromatic N) is 3. The third-order valence-corrected chi connectivity index (χ3v) is 3.47. The number of alkyl halides is 3. The van der Waals surface area contributed by atoms with Crippen LogP contribution in [0.5, 0.6) is 0 Å². The summed E-state index contributed by atoms with van der Waals surface area (Å²) in [7, 11) is 0. The zero-order valence-corrected chi connectivity index (χ0v) is 13.1. The number of halogens is 3. The number of nitrogens with one attached hydrogen (secondary N) is 2. The molecule has 2 N–H and O–H groups in total. The number of carbonyl (C=O) groups is 1. The van der Waals surface area contributed by atoms with Crippen molar-refractivity contribution in [1.29, 1.82) is 0 Å². The molecule has 0 spiro atoms. The maximum absolute atomic E-state index is 12.5. The molecular formula is C16H14F3N5O. The molecule has 0 radical (unpaired) electrons. The van der Waals surface area contributed by atoms with Crippen molar-refractivity contribution >= 4 is 11.6 Å². The highest BCUT2D eigenvalue weighted by molar-refractivity contribution is 6.02. The fraction of sp³-hybridized carbons (Fsp3) is 0.188. The number of carbonyl (C=O) groups excluding carboxylic acids is 1. The normalized spacial score (nSPS) is 11.5. The number of benzene rings is 1. The number of aromatic nitrogens is 4. The van der Waals surface area contributed by atoms with Crippen LogP contribution in [0, 0.1) is 6.92 Å². The van der Waals surface area contributed by atoms with Crippen molar-refractivity contribution in [2.24, 2.45) is 0 Å². The average molecular weight is 349 g/mol. The Morgan fingerprint density at radius 3 is 2.64 bits per heavy atom. The van der Waals surface area contributed by atoms with E-state index in [1.165, 1.54) is 6.20 Å². The van der Waals surface area contributed by atoms with Crippen molar-refractivity contribution in [3.63, 3.8) is 0 Å². The molecule has 6 nitrogen and oxygen atoms in total. The molecule has 130 valence electrons. The molecule has 0 unspecified atom stereocenters. The predicted octanol–water partition coefficient (Wildman–Crippen LogP) is 3.23. The highest BCUT2D eigenvalue weighted by Gasteiger charge is 2.33. The van der Waals surface area contributed by atoms with Crippen LogP contribution in [-0.2, 0) is 12.7 Å². The standard InChI is InChI=1S/C16H14F3N5O/c1-10-2-4-11(5-3-10)8-24-9-12(7-20-24)21-15(25)13-6-14(23-22-13)16(17,18)19/h2-7,9H,8H2,1H3,(H,21,25)(H,22,23).